The lowest BCUT2D eigenvalue weighted by molar-refractivity contribution is -0.150. The van der Waals surface area contributed by atoms with Crippen molar-refractivity contribution < 1.29 is 18.0 Å². The van der Waals surface area contributed by atoms with E-state index in [-0.39, 0.29) is 21.5 Å². The van der Waals surface area contributed by atoms with Gasteiger partial charge in [0.25, 0.3) is 5.72 Å². The molecule has 14 heteroatoms. The van der Waals surface area contributed by atoms with E-state index in [1.165, 1.54) is 23.1 Å². The second-order valence-corrected chi connectivity index (χ2v) is 11.8. The van der Waals surface area contributed by atoms with Gasteiger partial charge in [0.2, 0.25) is 5.91 Å². The number of hydrogen-bond acceptors (Lipinski definition) is 9. The minimum absolute atomic E-state index is 0.106. The monoisotopic (exact) mass is 578 g/mol. The summed E-state index contributed by atoms with van der Waals surface area (Å²) in [5.41, 5.74) is 10.3. The first-order valence-corrected chi connectivity index (χ1v) is 14.0. The number of oxime groups is 1. The fourth-order valence-electron chi connectivity index (χ4n) is 4.92. The number of sulfone groups is 1. The van der Waals surface area contributed by atoms with Crippen molar-refractivity contribution in [2.75, 3.05) is 6.26 Å². The van der Waals surface area contributed by atoms with Crippen LogP contribution < -0.4 is 11.5 Å². The third-order valence-electron chi connectivity index (χ3n) is 6.97. The Labute approximate surface area is 234 Å². The Morgan fingerprint density at radius 1 is 1.05 bits per heavy atom. The van der Waals surface area contributed by atoms with Gasteiger partial charge in [0.15, 0.2) is 15.3 Å². The van der Waals surface area contributed by atoms with Crippen LogP contribution in [0, 0.1) is 10.8 Å². The molecule has 2 atom stereocenters. The van der Waals surface area contributed by atoms with E-state index in [1.54, 1.807) is 61.5 Å². The summed E-state index contributed by atoms with van der Waals surface area (Å²) in [7, 11) is -3.57. The van der Waals surface area contributed by atoms with Crippen LogP contribution in [-0.2, 0) is 25.2 Å². The van der Waals surface area contributed by atoms with Gasteiger partial charge in [-0.15, -0.1) is 5.10 Å². The van der Waals surface area contributed by atoms with E-state index < -0.39 is 26.9 Å². The van der Waals surface area contributed by atoms with Crippen molar-refractivity contribution >= 4 is 38.9 Å². The highest BCUT2D eigenvalue weighted by Gasteiger charge is 2.66. The molecule has 0 fully saturated rings. The number of primary amides is 1. The van der Waals surface area contributed by atoms with Crippen molar-refractivity contribution in [2.45, 2.75) is 17.5 Å². The van der Waals surface area contributed by atoms with Gasteiger partial charge < -0.3 is 16.3 Å². The molecule has 3 aromatic carbocycles. The molecule has 5 N–H and O–H groups in total. The van der Waals surface area contributed by atoms with Crippen molar-refractivity contribution in [3.63, 3.8) is 0 Å². The first-order valence-electron chi connectivity index (χ1n) is 11.8. The summed E-state index contributed by atoms with van der Waals surface area (Å²) in [6.07, 6.45) is 2.37. The fraction of sp³-hybridized carbons (Fsp3) is 0.154. The molecule has 2 unspecified atom stereocenters. The second kappa shape index (κ2) is 9.54. The molecule has 0 aliphatic carbocycles. The Morgan fingerprint density at radius 2 is 1.80 bits per heavy atom. The zero-order chi connectivity index (χ0) is 28.9. The maximum atomic E-state index is 13.4. The second-order valence-electron chi connectivity index (χ2n) is 9.38. The number of carbonyl (C=O) groups is 1. The topological polar surface area (TPSA) is 192 Å². The summed E-state index contributed by atoms with van der Waals surface area (Å²) in [6.45, 7) is 1.55. The van der Waals surface area contributed by atoms with Crippen molar-refractivity contribution in [2.24, 2.45) is 22.0 Å². The number of rotatable bonds is 7. The minimum atomic E-state index is -3.57. The van der Waals surface area contributed by atoms with Crippen molar-refractivity contribution in [3.05, 3.63) is 94.8 Å². The highest BCUT2D eigenvalue weighted by molar-refractivity contribution is 7.90. The van der Waals surface area contributed by atoms with Gasteiger partial charge in [-0.25, -0.2) is 8.42 Å². The van der Waals surface area contributed by atoms with E-state index in [1.807, 2.05) is 0 Å². The Kier molecular flexibility index (Phi) is 6.43. The normalized spacial score (nSPS) is 20.5. The number of benzene rings is 3. The lowest BCUT2D eigenvalue weighted by Crippen LogP contribution is -2.58. The average molecular weight is 579 g/mol. The smallest absolute Gasteiger partial charge is 0.277 e. The summed E-state index contributed by atoms with van der Waals surface area (Å²) in [6, 6.07) is 17.8. The van der Waals surface area contributed by atoms with Crippen LogP contribution in [-0.4, -0.2) is 52.3 Å². The predicted molar refractivity (Wildman–Crippen MR) is 147 cm³/mol. The molecule has 0 spiro atoms. The SMILES string of the molecule is CC1(C(N)=O)C(c2cccc(C(=N)N)c2)=NOC1(c1ccc(-c2ccccc2S(C)(=O)=O)c(Cl)c1)n1cnnn1. The molecule has 204 valence electrons. The standard InChI is InChI=1S/C26H23ClN8O4S/c1-25(24(30)36)22(15-6-5-7-16(12-15)23(28)29)32-39-26(25,35-14-31-33-34-35)17-10-11-18(20(27)13-17)19-8-3-4-9-21(19)40(2,37)38/h3-14H,1-2H3,(H3,28,29)(H2,30,36). The van der Waals surface area contributed by atoms with Crippen LogP contribution in [0.3, 0.4) is 0 Å². The molecule has 0 saturated heterocycles. The maximum absolute atomic E-state index is 13.4. The molecule has 5 rings (SSSR count). The number of aromatic nitrogens is 4. The molecule has 0 bridgehead atoms. The van der Waals surface area contributed by atoms with Gasteiger partial charge in [-0.05, 0) is 35.5 Å². The summed E-state index contributed by atoms with van der Waals surface area (Å²) in [4.78, 5) is 19.5. The molecular formula is C26H23ClN8O4S. The van der Waals surface area contributed by atoms with Crippen LogP contribution in [0.25, 0.3) is 11.1 Å². The largest absolute Gasteiger partial charge is 0.384 e. The number of nitrogen functional groups attached to an aromatic ring is 1. The number of carbonyl (C=O) groups excluding carboxylic acids is 1. The van der Waals surface area contributed by atoms with Gasteiger partial charge in [0, 0.05) is 39.1 Å². The Morgan fingerprint density at radius 3 is 2.42 bits per heavy atom. The van der Waals surface area contributed by atoms with E-state index >= 15 is 0 Å². The lowest BCUT2D eigenvalue weighted by Gasteiger charge is -2.38. The summed E-state index contributed by atoms with van der Waals surface area (Å²) < 4.78 is 26.1. The Bertz CT molecular complexity index is 1810. The van der Waals surface area contributed by atoms with Crippen LogP contribution in [0.15, 0.2) is 83.1 Å². The molecule has 0 saturated carbocycles. The number of nitrogens with zero attached hydrogens (tertiary/aromatic N) is 5. The highest BCUT2D eigenvalue weighted by atomic mass is 35.5. The number of amidine groups is 1. The summed E-state index contributed by atoms with van der Waals surface area (Å²) in [5.74, 6) is -0.985. The van der Waals surface area contributed by atoms with Gasteiger partial charge in [0.1, 0.15) is 17.9 Å². The van der Waals surface area contributed by atoms with Crippen LogP contribution in [0.2, 0.25) is 5.02 Å². The molecule has 1 aromatic heterocycles. The van der Waals surface area contributed by atoms with E-state index in [2.05, 4.69) is 20.7 Å². The molecule has 4 aromatic rings. The van der Waals surface area contributed by atoms with E-state index in [9.17, 15) is 13.2 Å². The number of hydrogen-bond donors (Lipinski definition) is 3. The maximum Gasteiger partial charge on any atom is 0.277 e. The van der Waals surface area contributed by atoms with Crippen LogP contribution in [0.1, 0.15) is 23.6 Å². The minimum Gasteiger partial charge on any atom is -0.384 e. The van der Waals surface area contributed by atoms with E-state index in [0.717, 1.165) is 6.26 Å². The van der Waals surface area contributed by atoms with Crippen molar-refractivity contribution in [3.8, 4) is 11.1 Å². The molecule has 2 heterocycles. The molecular weight excluding hydrogens is 556 g/mol. The number of halogens is 1. The molecule has 12 nitrogen and oxygen atoms in total. The number of tetrazole rings is 1. The van der Waals surface area contributed by atoms with Gasteiger partial charge in [-0.2, -0.15) is 4.68 Å². The van der Waals surface area contributed by atoms with Gasteiger partial charge in [-0.3, -0.25) is 10.2 Å². The first kappa shape index (κ1) is 27.0. The van der Waals surface area contributed by atoms with Gasteiger partial charge in [0.05, 0.1) is 4.90 Å². The number of nitrogens with one attached hydrogen (secondary N) is 1. The van der Waals surface area contributed by atoms with E-state index in [4.69, 9.17) is 33.3 Å². The number of nitrogens with two attached hydrogens (primary N) is 2. The quantitative estimate of drug-likeness (QED) is 0.219. The highest BCUT2D eigenvalue weighted by Crippen LogP contribution is 2.51. The first-order chi connectivity index (χ1) is 18.9. The summed E-state index contributed by atoms with van der Waals surface area (Å²) >= 11 is 6.77. The van der Waals surface area contributed by atoms with Crippen LogP contribution in [0.5, 0.6) is 0 Å². The predicted octanol–water partition coefficient (Wildman–Crippen LogP) is 2.31. The lowest BCUT2D eigenvalue weighted by atomic mass is 9.69. The van der Waals surface area contributed by atoms with Crippen LogP contribution in [0.4, 0.5) is 0 Å². The third kappa shape index (κ3) is 4.01. The zero-order valence-corrected chi connectivity index (χ0v) is 22.8. The number of amides is 1. The molecule has 1 amide bonds. The van der Waals surface area contributed by atoms with Crippen LogP contribution >= 0.6 is 11.6 Å². The molecule has 40 heavy (non-hydrogen) atoms. The Hall–Kier alpha value is -4.62. The molecule has 0 radical (unpaired) electrons. The molecule has 1 aliphatic heterocycles. The third-order valence-corrected chi connectivity index (χ3v) is 8.44. The molecule has 1 aliphatic rings. The fourth-order valence-corrected chi connectivity index (χ4v) is 6.11. The summed E-state index contributed by atoms with van der Waals surface area (Å²) in [5, 5.41) is 23.8. The van der Waals surface area contributed by atoms with Gasteiger partial charge >= 0.3 is 0 Å². The average Bonchev–Trinajstić information content (AvgIpc) is 3.56. The van der Waals surface area contributed by atoms with Gasteiger partial charge in [-0.1, -0.05) is 65.3 Å². The van der Waals surface area contributed by atoms with E-state index in [0.29, 0.717) is 27.8 Å². The van der Waals surface area contributed by atoms with Crippen molar-refractivity contribution in [1.29, 1.82) is 5.41 Å². The van der Waals surface area contributed by atoms with Crippen molar-refractivity contribution in [1.82, 2.24) is 20.2 Å². The zero-order valence-electron chi connectivity index (χ0n) is 21.2. The Balaban J connectivity index is 1.73.